The van der Waals surface area contributed by atoms with Crippen molar-refractivity contribution < 1.29 is 24.2 Å². The van der Waals surface area contributed by atoms with Crippen LogP contribution in [0.5, 0.6) is 0 Å². The van der Waals surface area contributed by atoms with Crippen molar-refractivity contribution in [3.8, 4) is 0 Å². The van der Waals surface area contributed by atoms with Crippen molar-refractivity contribution in [2.45, 2.75) is 79.8 Å². The molecule has 0 bridgehead atoms. The maximum absolute atomic E-state index is 13.2. The van der Waals surface area contributed by atoms with Crippen molar-refractivity contribution in [2.75, 3.05) is 13.2 Å². The van der Waals surface area contributed by atoms with Crippen LogP contribution in [0.1, 0.15) is 73.6 Å². The van der Waals surface area contributed by atoms with Crippen LogP contribution in [0.2, 0.25) is 0 Å². The van der Waals surface area contributed by atoms with E-state index in [2.05, 4.69) is 46.8 Å². The second-order valence-electron chi connectivity index (χ2n) is 11.2. The Morgan fingerprint density at radius 1 is 1.03 bits per heavy atom. The molecule has 1 unspecified atom stereocenters. The van der Waals surface area contributed by atoms with E-state index in [-0.39, 0.29) is 41.8 Å². The lowest BCUT2D eigenvalue weighted by atomic mass is 9.40. The second-order valence-corrected chi connectivity index (χ2v) is 11.2. The Morgan fingerprint density at radius 2 is 1.70 bits per heavy atom. The number of rotatable bonds is 5. The standard InChI is InChI=1S/C25H40O5/c1-16-8-9-20-24(5)12-7-11-23(3,4)19(24)10-13-25(20,6)21(16)22(28)30-15-18(27)14-29-17(2)26/h8-9,16,18-21,27H,7,10-15H2,1-6H3/t16-,18+,19-,20+,21?,24-,25+/m1/s1. The second kappa shape index (κ2) is 8.29. The fourth-order valence-corrected chi connectivity index (χ4v) is 7.42. The van der Waals surface area contributed by atoms with Gasteiger partial charge < -0.3 is 14.6 Å². The van der Waals surface area contributed by atoms with Gasteiger partial charge in [0.15, 0.2) is 0 Å². The fourth-order valence-electron chi connectivity index (χ4n) is 7.42. The third-order valence-corrected chi connectivity index (χ3v) is 8.66. The van der Waals surface area contributed by atoms with Crippen LogP contribution in [-0.4, -0.2) is 36.4 Å². The van der Waals surface area contributed by atoms with Gasteiger partial charge in [-0.05, 0) is 59.7 Å². The van der Waals surface area contributed by atoms with Crippen LogP contribution in [0, 0.1) is 39.9 Å². The summed E-state index contributed by atoms with van der Waals surface area (Å²) in [4.78, 5) is 24.1. The molecule has 0 amide bonds. The van der Waals surface area contributed by atoms with Gasteiger partial charge in [-0.25, -0.2) is 0 Å². The number of carbonyl (C=O) groups excluding carboxylic acids is 2. The maximum Gasteiger partial charge on any atom is 0.310 e. The van der Waals surface area contributed by atoms with E-state index in [1.54, 1.807) is 0 Å². The molecular weight excluding hydrogens is 380 g/mol. The molecule has 0 saturated heterocycles. The van der Waals surface area contributed by atoms with Crippen LogP contribution in [0.4, 0.5) is 0 Å². The van der Waals surface area contributed by atoms with Gasteiger partial charge in [-0.15, -0.1) is 0 Å². The molecule has 5 heteroatoms. The molecule has 0 aromatic heterocycles. The lowest BCUT2D eigenvalue weighted by Gasteiger charge is -2.64. The van der Waals surface area contributed by atoms with Crippen molar-refractivity contribution in [2.24, 2.45) is 39.9 Å². The zero-order valence-electron chi connectivity index (χ0n) is 19.6. The van der Waals surface area contributed by atoms with Crippen LogP contribution >= 0.6 is 0 Å². The van der Waals surface area contributed by atoms with Crippen LogP contribution in [0.3, 0.4) is 0 Å². The van der Waals surface area contributed by atoms with E-state index in [1.807, 2.05) is 0 Å². The van der Waals surface area contributed by atoms with Crippen LogP contribution in [0.25, 0.3) is 0 Å². The largest absolute Gasteiger partial charge is 0.463 e. The number of hydrogen-bond acceptors (Lipinski definition) is 5. The quantitative estimate of drug-likeness (QED) is 0.523. The van der Waals surface area contributed by atoms with E-state index in [1.165, 1.54) is 26.2 Å². The number of allylic oxidation sites excluding steroid dienone is 2. The first-order chi connectivity index (χ1) is 13.9. The summed E-state index contributed by atoms with van der Waals surface area (Å²) in [5.74, 6) is 0.193. The summed E-state index contributed by atoms with van der Waals surface area (Å²) in [7, 11) is 0. The third kappa shape index (κ3) is 4.06. The minimum atomic E-state index is -0.997. The molecule has 0 aromatic carbocycles. The maximum atomic E-state index is 13.2. The molecule has 0 aromatic rings. The van der Waals surface area contributed by atoms with Crippen molar-refractivity contribution in [1.82, 2.24) is 0 Å². The van der Waals surface area contributed by atoms with Crippen molar-refractivity contribution in [3.05, 3.63) is 12.2 Å². The first kappa shape index (κ1) is 23.3. The molecule has 7 atom stereocenters. The molecule has 0 heterocycles. The van der Waals surface area contributed by atoms with Gasteiger partial charge in [-0.2, -0.15) is 0 Å². The summed E-state index contributed by atoms with van der Waals surface area (Å²) in [6, 6.07) is 0. The number of esters is 2. The molecule has 3 aliphatic carbocycles. The monoisotopic (exact) mass is 420 g/mol. The Labute approximate surface area is 181 Å². The molecule has 170 valence electrons. The molecule has 30 heavy (non-hydrogen) atoms. The molecule has 0 radical (unpaired) electrons. The molecule has 0 aliphatic heterocycles. The first-order valence-electron chi connectivity index (χ1n) is 11.6. The molecule has 5 nitrogen and oxygen atoms in total. The van der Waals surface area contributed by atoms with Gasteiger partial charge in [0.2, 0.25) is 0 Å². The van der Waals surface area contributed by atoms with E-state index < -0.39 is 12.1 Å². The number of aliphatic hydroxyl groups is 1. The molecule has 1 N–H and O–H groups in total. The van der Waals surface area contributed by atoms with Crippen molar-refractivity contribution >= 4 is 11.9 Å². The predicted octanol–water partition coefficient (Wildman–Crippen LogP) is 4.52. The van der Waals surface area contributed by atoms with Crippen molar-refractivity contribution in [1.29, 1.82) is 0 Å². The smallest absolute Gasteiger partial charge is 0.310 e. The number of ether oxygens (including phenoxy) is 2. The lowest BCUT2D eigenvalue weighted by molar-refractivity contribution is -0.176. The van der Waals surface area contributed by atoms with Crippen molar-refractivity contribution in [3.63, 3.8) is 0 Å². The summed E-state index contributed by atoms with van der Waals surface area (Å²) in [5.41, 5.74) is 0.381. The minimum absolute atomic E-state index is 0.0983. The zero-order chi connectivity index (χ0) is 22.3. The Kier molecular flexibility index (Phi) is 6.44. The van der Waals surface area contributed by atoms with E-state index in [9.17, 15) is 14.7 Å². The van der Waals surface area contributed by atoms with Crippen LogP contribution < -0.4 is 0 Å². The summed E-state index contributed by atoms with van der Waals surface area (Å²) < 4.78 is 10.4. The topological polar surface area (TPSA) is 72.8 Å². The van der Waals surface area contributed by atoms with E-state index >= 15 is 0 Å². The molecular formula is C25H40O5. The van der Waals surface area contributed by atoms with E-state index in [0.717, 1.165) is 12.8 Å². The van der Waals surface area contributed by atoms with E-state index in [0.29, 0.717) is 17.3 Å². The lowest BCUT2D eigenvalue weighted by Crippen LogP contribution is -2.59. The van der Waals surface area contributed by atoms with Gasteiger partial charge in [0.1, 0.15) is 19.3 Å². The van der Waals surface area contributed by atoms with Gasteiger partial charge in [-0.3, -0.25) is 9.59 Å². The number of fused-ring (bicyclic) bond motifs is 3. The number of aliphatic hydroxyl groups excluding tert-OH is 1. The fraction of sp³-hybridized carbons (Fsp3) is 0.840. The summed E-state index contributed by atoms with van der Waals surface area (Å²) in [6.07, 6.45) is 9.52. The Balaban J connectivity index is 1.78. The highest BCUT2D eigenvalue weighted by Gasteiger charge is 2.62. The van der Waals surface area contributed by atoms with Gasteiger partial charge in [0.25, 0.3) is 0 Å². The van der Waals surface area contributed by atoms with E-state index in [4.69, 9.17) is 9.47 Å². The average Bonchev–Trinajstić information content (AvgIpc) is 2.63. The SMILES string of the molecule is CC(=O)OC[C@H](O)COC(=O)C1[C@H](C)C=C[C@H]2[C@]3(C)CCCC(C)(C)[C@H]3CC[C@]12C. The zero-order valence-corrected chi connectivity index (χ0v) is 19.6. The van der Waals surface area contributed by atoms with Crippen LogP contribution in [-0.2, 0) is 19.1 Å². The molecule has 2 fully saturated rings. The first-order valence-corrected chi connectivity index (χ1v) is 11.6. The summed E-state index contributed by atoms with van der Waals surface area (Å²) >= 11 is 0. The molecule has 0 spiro atoms. The summed E-state index contributed by atoms with van der Waals surface area (Å²) in [6.45, 7) is 12.7. The Bertz CT molecular complexity index is 698. The molecule has 2 saturated carbocycles. The highest BCUT2D eigenvalue weighted by molar-refractivity contribution is 5.74. The van der Waals surface area contributed by atoms with Crippen LogP contribution in [0.15, 0.2) is 12.2 Å². The molecule has 3 aliphatic rings. The predicted molar refractivity (Wildman–Crippen MR) is 115 cm³/mol. The number of hydrogen-bond donors (Lipinski definition) is 1. The average molecular weight is 421 g/mol. The Morgan fingerprint density at radius 3 is 2.37 bits per heavy atom. The third-order valence-electron chi connectivity index (χ3n) is 8.66. The summed E-state index contributed by atoms with van der Waals surface area (Å²) in [5, 5.41) is 9.99. The highest BCUT2D eigenvalue weighted by atomic mass is 16.6. The van der Waals surface area contributed by atoms with Gasteiger partial charge >= 0.3 is 11.9 Å². The highest BCUT2D eigenvalue weighted by Crippen LogP contribution is 2.67. The normalized spacial score (nSPS) is 40.6. The van der Waals surface area contributed by atoms with Gasteiger partial charge in [0.05, 0.1) is 5.92 Å². The van der Waals surface area contributed by atoms with Gasteiger partial charge in [-0.1, -0.05) is 53.2 Å². The van der Waals surface area contributed by atoms with Gasteiger partial charge in [0, 0.05) is 6.92 Å². The minimum Gasteiger partial charge on any atom is -0.463 e. The number of carbonyl (C=O) groups is 2. The molecule has 3 rings (SSSR count). The Hall–Kier alpha value is -1.36.